The van der Waals surface area contributed by atoms with Crippen LogP contribution in [0, 0.1) is 0 Å². The number of hydrogen-bond acceptors (Lipinski definition) is 7. The monoisotopic (exact) mass is 407 g/mol. The molecule has 1 aromatic carbocycles. The number of likely N-dealkylation sites (tertiary alicyclic amines) is 1. The first-order valence-corrected chi connectivity index (χ1v) is 10.7. The van der Waals surface area contributed by atoms with Crippen molar-refractivity contribution in [2.24, 2.45) is 0 Å². The Labute approximate surface area is 175 Å². The van der Waals surface area contributed by atoms with Crippen molar-refractivity contribution >= 4 is 0 Å². The molecule has 164 valence electrons. The van der Waals surface area contributed by atoms with E-state index in [1.165, 1.54) is 0 Å². The van der Waals surface area contributed by atoms with Crippen molar-refractivity contribution in [1.82, 2.24) is 14.7 Å². The van der Waals surface area contributed by atoms with Gasteiger partial charge in [-0.15, -0.1) is 0 Å². The normalized spacial score (nSPS) is 21.2. The first-order valence-electron chi connectivity index (χ1n) is 10.7. The maximum atomic E-state index is 10.5. The number of ether oxygens (including phenoxy) is 3. The number of piperidine rings is 1. The van der Waals surface area contributed by atoms with Crippen LogP contribution in [0.3, 0.4) is 0 Å². The number of β-amino-alcohol motifs (C(OH)–C–C–N with tert-alkyl or cyclic N) is 1. The van der Waals surface area contributed by atoms with E-state index in [0.717, 1.165) is 75.7 Å². The Kier molecular flexibility index (Phi) is 8.56. The zero-order chi connectivity index (χ0) is 20.6. The number of hydrogen-bond donors (Lipinski definition) is 1. The van der Waals surface area contributed by atoms with Crippen LogP contribution in [0.15, 0.2) is 18.2 Å². The molecular weight excluding hydrogens is 370 g/mol. The summed E-state index contributed by atoms with van der Waals surface area (Å²) < 4.78 is 16.9. The minimum Gasteiger partial charge on any atom is -0.497 e. The highest BCUT2D eigenvalue weighted by molar-refractivity contribution is 5.40. The van der Waals surface area contributed by atoms with E-state index < -0.39 is 6.10 Å². The average Bonchev–Trinajstić information content (AvgIpc) is 2.75. The van der Waals surface area contributed by atoms with Crippen LogP contribution in [0.4, 0.5) is 0 Å². The van der Waals surface area contributed by atoms with Gasteiger partial charge in [-0.3, -0.25) is 9.80 Å². The highest BCUT2D eigenvalue weighted by atomic mass is 16.5. The van der Waals surface area contributed by atoms with Crippen LogP contribution in [-0.2, 0) is 11.3 Å². The predicted octanol–water partition coefficient (Wildman–Crippen LogP) is 1.29. The van der Waals surface area contributed by atoms with Gasteiger partial charge >= 0.3 is 0 Å². The number of methoxy groups -OCH3 is 2. The maximum absolute atomic E-state index is 10.5. The molecule has 0 radical (unpaired) electrons. The lowest BCUT2D eigenvalue weighted by molar-refractivity contribution is 0.0376. The molecule has 0 saturated carbocycles. The molecule has 29 heavy (non-hydrogen) atoms. The van der Waals surface area contributed by atoms with Gasteiger partial charge in [-0.2, -0.15) is 0 Å². The Morgan fingerprint density at radius 3 is 2.41 bits per heavy atom. The largest absolute Gasteiger partial charge is 0.497 e. The fourth-order valence-corrected chi connectivity index (χ4v) is 4.04. The number of likely N-dealkylation sites (N-methyl/N-ethyl adjacent to an activating group) is 1. The standard InChI is InChI=1S/C22H37N3O4/c1-23-10-12-25(13-11-23)16-19(26)17-29-22-14-21(28-3)5-4-18(22)15-24-8-6-20(27-2)7-9-24/h4-5,14,19-20,26H,6-13,15-17H2,1-3H3/t19-/m0/s1. The van der Waals surface area contributed by atoms with E-state index in [1.807, 2.05) is 12.1 Å². The third-order valence-electron chi connectivity index (χ3n) is 6.03. The Balaban J connectivity index is 1.54. The smallest absolute Gasteiger partial charge is 0.127 e. The molecule has 0 bridgehead atoms. The van der Waals surface area contributed by atoms with Gasteiger partial charge in [0.15, 0.2) is 0 Å². The highest BCUT2D eigenvalue weighted by Crippen LogP contribution is 2.27. The molecule has 2 aliphatic rings. The molecule has 2 heterocycles. The number of benzene rings is 1. The van der Waals surface area contributed by atoms with Crippen molar-refractivity contribution in [2.75, 3.05) is 73.7 Å². The number of aliphatic hydroxyl groups is 1. The van der Waals surface area contributed by atoms with Crippen LogP contribution < -0.4 is 9.47 Å². The van der Waals surface area contributed by atoms with Crippen LogP contribution in [-0.4, -0.2) is 106 Å². The molecule has 2 fully saturated rings. The van der Waals surface area contributed by atoms with Crippen molar-refractivity contribution < 1.29 is 19.3 Å². The molecular formula is C22H37N3O4. The Morgan fingerprint density at radius 2 is 1.76 bits per heavy atom. The van der Waals surface area contributed by atoms with Crippen molar-refractivity contribution in [2.45, 2.75) is 31.6 Å². The fraction of sp³-hybridized carbons (Fsp3) is 0.727. The Morgan fingerprint density at radius 1 is 1.03 bits per heavy atom. The van der Waals surface area contributed by atoms with Gasteiger partial charge in [0, 0.05) is 71.1 Å². The second-order valence-electron chi connectivity index (χ2n) is 8.25. The van der Waals surface area contributed by atoms with Gasteiger partial charge in [0.2, 0.25) is 0 Å². The van der Waals surface area contributed by atoms with Crippen molar-refractivity contribution in [3.05, 3.63) is 23.8 Å². The van der Waals surface area contributed by atoms with E-state index >= 15 is 0 Å². The minimum atomic E-state index is -0.505. The summed E-state index contributed by atoms with van der Waals surface area (Å²) in [5.74, 6) is 1.58. The van der Waals surface area contributed by atoms with E-state index in [4.69, 9.17) is 14.2 Å². The number of nitrogens with zero attached hydrogens (tertiary/aromatic N) is 3. The zero-order valence-electron chi connectivity index (χ0n) is 18.2. The topological polar surface area (TPSA) is 57.6 Å². The maximum Gasteiger partial charge on any atom is 0.127 e. The molecule has 3 rings (SSSR count). The molecule has 0 spiro atoms. The van der Waals surface area contributed by atoms with Gasteiger partial charge in [0.1, 0.15) is 24.2 Å². The zero-order valence-corrected chi connectivity index (χ0v) is 18.2. The average molecular weight is 408 g/mol. The summed E-state index contributed by atoms with van der Waals surface area (Å²) >= 11 is 0. The Hall–Kier alpha value is -1.38. The van der Waals surface area contributed by atoms with Crippen LogP contribution >= 0.6 is 0 Å². The molecule has 2 aliphatic heterocycles. The lowest BCUT2D eigenvalue weighted by Gasteiger charge is -2.33. The van der Waals surface area contributed by atoms with E-state index in [9.17, 15) is 5.11 Å². The lowest BCUT2D eigenvalue weighted by atomic mass is 10.1. The van der Waals surface area contributed by atoms with E-state index in [0.29, 0.717) is 12.6 Å². The van der Waals surface area contributed by atoms with Gasteiger partial charge in [-0.05, 0) is 26.0 Å². The van der Waals surface area contributed by atoms with Crippen LogP contribution in [0.25, 0.3) is 0 Å². The third-order valence-corrected chi connectivity index (χ3v) is 6.03. The molecule has 2 saturated heterocycles. The summed E-state index contributed by atoms with van der Waals surface area (Å²) in [6, 6.07) is 5.98. The quantitative estimate of drug-likeness (QED) is 0.662. The van der Waals surface area contributed by atoms with Gasteiger partial charge in [0.25, 0.3) is 0 Å². The van der Waals surface area contributed by atoms with Gasteiger partial charge in [-0.25, -0.2) is 0 Å². The lowest BCUT2D eigenvalue weighted by Crippen LogP contribution is -2.47. The van der Waals surface area contributed by atoms with Crippen LogP contribution in [0.2, 0.25) is 0 Å². The molecule has 7 heteroatoms. The second kappa shape index (κ2) is 11.1. The molecule has 0 aromatic heterocycles. The molecule has 0 amide bonds. The highest BCUT2D eigenvalue weighted by Gasteiger charge is 2.21. The predicted molar refractivity (Wildman–Crippen MR) is 114 cm³/mol. The third kappa shape index (κ3) is 6.83. The van der Waals surface area contributed by atoms with Crippen molar-refractivity contribution in [3.8, 4) is 11.5 Å². The SMILES string of the molecule is COc1ccc(CN2CCC(OC)CC2)c(OC[C@@H](O)CN2CCN(C)CC2)c1. The fourth-order valence-electron chi connectivity index (χ4n) is 4.04. The minimum absolute atomic E-state index is 0.290. The number of piperazine rings is 1. The van der Waals surface area contributed by atoms with Gasteiger partial charge in [-0.1, -0.05) is 6.07 Å². The van der Waals surface area contributed by atoms with E-state index in [1.54, 1.807) is 14.2 Å². The summed E-state index contributed by atoms with van der Waals surface area (Å²) in [4.78, 5) is 7.06. The van der Waals surface area contributed by atoms with E-state index in [-0.39, 0.29) is 6.61 Å². The second-order valence-corrected chi connectivity index (χ2v) is 8.25. The Bertz CT molecular complexity index is 614. The van der Waals surface area contributed by atoms with Gasteiger partial charge in [0.05, 0.1) is 13.2 Å². The first-order chi connectivity index (χ1) is 14.1. The van der Waals surface area contributed by atoms with Gasteiger partial charge < -0.3 is 24.2 Å². The molecule has 7 nitrogen and oxygen atoms in total. The van der Waals surface area contributed by atoms with Crippen molar-refractivity contribution in [3.63, 3.8) is 0 Å². The summed E-state index contributed by atoms with van der Waals surface area (Å²) in [5.41, 5.74) is 1.13. The van der Waals surface area contributed by atoms with Crippen molar-refractivity contribution in [1.29, 1.82) is 0 Å². The van der Waals surface area contributed by atoms with Crippen LogP contribution in [0.1, 0.15) is 18.4 Å². The molecule has 0 aliphatic carbocycles. The molecule has 1 N–H and O–H groups in total. The summed E-state index contributed by atoms with van der Waals surface area (Å²) in [6.45, 7) is 7.91. The number of rotatable bonds is 9. The molecule has 1 atom stereocenters. The summed E-state index contributed by atoms with van der Waals surface area (Å²) in [7, 11) is 5.60. The summed E-state index contributed by atoms with van der Waals surface area (Å²) in [6.07, 6.45) is 2.00. The summed E-state index contributed by atoms with van der Waals surface area (Å²) in [5, 5.41) is 10.5. The molecule has 1 aromatic rings. The first kappa shape index (κ1) is 22.3. The molecule has 0 unspecified atom stereocenters. The number of aliphatic hydroxyl groups excluding tert-OH is 1. The van der Waals surface area contributed by atoms with E-state index in [2.05, 4.69) is 27.8 Å². The van der Waals surface area contributed by atoms with Crippen LogP contribution in [0.5, 0.6) is 11.5 Å².